The summed E-state index contributed by atoms with van der Waals surface area (Å²) in [6.45, 7) is 3.76. The minimum Gasteiger partial charge on any atom is -0.469 e. The highest BCUT2D eigenvalue weighted by atomic mass is 16.7. The van der Waals surface area contributed by atoms with Gasteiger partial charge in [-0.15, -0.1) is 0 Å². The quantitative estimate of drug-likeness (QED) is 0.772. The molecule has 0 unspecified atom stereocenters. The summed E-state index contributed by atoms with van der Waals surface area (Å²) in [4.78, 5) is 25.7. The van der Waals surface area contributed by atoms with Crippen molar-refractivity contribution in [2.24, 2.45) is 0 Å². The molecule has 6 heteroatoms. The van der Waals surface area contributed by atoms with E-state index in [0.717, 1.165) is 16.7 Å². The molecule has 1 aromatic carbocycles. The van der Waals surface area contributed by atoms with Gasteiger partial charge in [0.2, 0.25) is 0 Å². The van der Waals surface area contributed by atoms with E-state index in [1.807, 2.05) is 25.1 Å². The molecule has 23 heavy (non-hydrogen) atoms. The van der Waals surface area contributed by atoms with Gasteiger partial charge in [-0.2, -0.15) is 0 Å². The number of benzene rings is 1. The van der Waals surface area contributed by atoms with Gasteiger partial charge in [0, 0.05) is 18.5 Å². The normalized spacial score (nSPS) is 19.0. The molecular weight excluding hydrogens is 298 g/mol. The van der Waals surface area contributed by atoms with Crippen LogP contribution in [0.15, 0.2) is 18.2 Å². The maximum absolute atomic E-state index is 12.6. The van der Waals surface area contributed by atoms with Gasteiger partial charge in [-0.05, 0) is 18.6 Å². The van der Waals surface area contributed by atoms with Crippen molar-refractivity contribution < 1.29 is 23.8 Å². The van der Waals surface area contributed by atoms with Crippen LogP contribution in [0, 0.1) is 6.92 Å². The number of amides is 1. The molecule has 3 rings (SSSR count). The maximum atomic E-state index is 12.6. The number of carbonyl (C=O) groups is 2. The zero-order valence-electron chi connectivity index (χ0n) is 13.5. The van der Waals surface area contributed by atoms with Gasteiger partial charge in [0.25, 0.3) is 5.91 Å². The van der Waals surface area contributed by atoms with E-state index >= 15 is 0 Å². The Balaban J connectivity index is 1.72. The lowest BCUT2D eigenvalue weighted by atomic mass is 10.1. The zero-order valence-corrected chi connectivity index (χ0v) is 13.5. The highest BCUT2D eigenvalue weighted by Crippen LogP contribution is 2.31. The largest absolute Gasteiger partial charge is 0.469 e. The molecule has 0 spiro atoms. The number of esters is 1. The number of aryl methyl sites for hydroxylation is 1. The van der Waals surface area contributed by atoms with Crippen LogP contribution in [0.3, 0.4) is 0 Å². The van der Waals surface area contributed by atoms with E-state index in [4.69, 9.17) is 9.47 Å². The molecule has 2 aliphatic rings. The van der Waals surface area contributed by atoms with E-state index in [1.54, 1.807) is 4.90 Å². The average Bonchev–Trinajstić information content (AvgIpc) is 3.12. The number of nitrogens with zero attached hydrogens (tertiary/aromatic N) is 1. The summed E-state index contributed by atoms with van der Waals surface area (Å²) >= 11 is 0. The molecule has 1 fully saturated rings. The van der Waals surface area contributed by atoms with Gasteiger partial charge in [-0.25, -0.2) is 0 Å². The lowest BCUT2D eigenvalue weighted by Crippen LogP contribution is -2.44. The number of methoxy groups -OCH3 is 1. The van der Waals surface area contributed by atoms with Crippen molar-refractivity contribution in [2.75, 3.05) is 26.9 Å². The minimum absolute atomic E-state index is 0.0137. The first-order valence-electron chi connectivity index (χ1n) is 7.76. The Labute approximate surface area is 135 Å². The zero-order chi connectivity index (χ0) is 16.4. The summed E-state index contributed by atoms with van der Waals surface area (Å²) in [6, 6.07) is 5.90. The molecular formula is C17H21NO5. The van der Waals surface area contributed by atoms with Crippen LogP contribution < -0.4 is 0 Å². The Morgan fingerprint density at radius 1 is 1.35 bits per heavy atom. The third kappa shape index (κ3) is 3.23. The second-order valence-electron chi connectivity index (χ2n) is 6.01. The molecule has 0 aromatic heterocycles. The summed E-state index contributed by atoms with van der Waals surface area (Å²) in [5, 5.41) is 0. The molecule has 2 heterocycles. The summed E-state index contributed by atoms with van der Waals surface area (Å²) in [7, 11) is 1.36. The number of ether oxygens (including phenoxy) is 3. The number of rotatable bonds is 5. The predicted octanol–water partition coefficient (Wildman–Crippen LogP) is 1.65. The predicted molar refractivity (Wildman–Crippen MR) is 81.8 cm³/mol. The number of carbonyl (C=O) groups excluding carboxylic acids is 2. The summed E-state index contributed by atoms with van der Waals surface area (Å²) in [5.41, 5.74) is 2.82. The van der Waals surface area contributed by atoms with E-state index in [2.05, 4.69) is 4.74 Å². The molecule has 1 saturated heterocycles. The fraction of sp³-hybridized carbons (Fsp3) is 0.529. The Morgan fingerprint density at radius 2 is 2.09 bits per heavy atom. The molecule has 1 amide bonds. The van der Waals surface area contributed by atoms with Crippen LogP contribution in [-0.4, -0.2) is 49.4 Å². The van der Waals surface area contributed by atoms with Crippen molar-refractivity contribution in [2.45, 2.75) is 32.1 Å². The van der Waals surface area contributed by atoms with Crippen molar-refractivity contribution in [1.82, 2.24) is 4.90 Å². The highest BCUT2D eigenvalue weighted by molar-refractivity contribution is 5.98. The lowest BCUT2D eigenvalue weighted by Gasteiger charge is -2.31. The number of hydrogen-bond acceptors (Lipinski definition) is 5. The molecule has 0 atom stereocenters. The third-order valence-electron chi connectivity index (χ3n) is 4.33. The van der Waals surface area contributed by atoms with E-state index in [9.17, 15) is 9.59 Å². The molecule has 6 nitrogen and oxygen atoms in total. The first kappa shape index (κ1) is 16.0. The molecule has 0 N–H and O–H groups in total. The van der Waals surface area contributed by atoms with Gasteiger partial charge in [0.05, 0.1) is 33.3 Å². The van der Waals surface area contributed by atoms with E-state index in [0.29, 0.717) is 32.7 Å². The Kier molecular flexibility index (Phi) is 4.37. The third-order valence-corrected chi connectivity index (χ3v) is 4.33. The second-order valence-corrected chi connectivity index (χ2v) is 6.01. The summed E-state index contributed by atoms with van der Waals surface area (Å²) in [6.07, 6.45) is 0.573. The Morgan fingerprint density at radius 3 is 2.78 bits per heavy atom. The fourth-order valence-electron chi connectivity index (χ4n) is 3.10. The fourth-order valence-corrected chi connectivity index (χ4v) is 3.10. The molecule has 2 aliphatic heterocycles. The van der Waals surface area contributed by atoms with Crippen LogP contribution in [0.5, 0.6) is 0 Å². The molecule has 1 aromatic rings. The van der Waals surface area contributed by atoms with Crippen LogP contribution in [-0.2, 0) is 25.5 Å². The van der Waals surface area contributed by atoms with Crippen LogP contribution in [0.2, 0.25) is 0 Å². The second kappa shape index (κ2) is 6.29. The maximum Gasteiger partial charge on any atom is 0.305 e. The average molecular weight is 319 g/mol. The van der Waals surface area contributed by atoms with Crippen LogP contribution in [0.25, 0.3) is 0 Å². The topological polar surface area (TPSA) is 65.1 Å². The Hall–Kier alpha value is -1.92. The first-order valence-corrected chi connectivity index (χ1v) is 7.76. The first-order chi connectivity index (χ1) is 11.0. The van der Waals surface area contributed by atoms with Gasteiger partial charge < -0.3 is 19.1 Å². The van der Waals surface area contributed by atoms with Crippen molar-refractivity contribution in [3.05, 3.63) is 34.9 Å². The van der Waals surface area contributed by atoms with E-state index < -0.39 is 5.79 Å². The van der Waals surface area contributed by atoms with Gasteiger partial charge in [0.1, 0.15) is 0 Å². The number of hydrogen-bond donors (Lipinski definition) is 0. The minimum atomic E-state index is -0.916. The standard InChI is InChI=1S/C17H21NO5/c1-12-3-4-13-10-18(16(20)14(13)9-12)11-17(22-7-8-23-17)6-5-15(19)21-2/h3-4,9H,5-8,10-11H2,1-2H3. The molecule has 124 valence electrons. The van der Waals surface area contributed by atoms with Gasteiger partial charge in [-0.3, -0.25) is 9.59 Å². The summed E-state index contributed by atoms with van der Waals surface area (Å²) in [5.74, 6) is -1.24. The molecule has 0 saturated carbocycles. The number of fused-ring (bicyclic) bond motifs is 1. The lowest BCUT2D eigenvalue weighted by molar-refractivity contribution is -0.176. The van der Waals surface area contributed by atoms with Crippen LogP contribution in [0.4, 0.5) is 0 Å². The smallest absolute Gasteiger partial charge is 0.305 e. The van der Waals surface area contributed by atoms with Gasteiger partial charge in [0.15, 0.2) is 5.79 Å². The van der Waals surface area contributed by atoms with E-state index in [-0.39, 0.29) is 18.3 Å². The highest BCUT2D eigenvalue weighted by Gasteiger charge is 2.42. The van der Waals surface area contributed by atoms with Crippen molar-refractivity contribution >= 4 is 11.9 Å². The van der Waals surface area contributed by atoms with Crippen LogP contribution in [0.1, 0.15) is 34.3 Å². The van der Waals surface area contributed by atoms with Crippen molar-refractivity contribution in [1.29, 1.82) is 0 Å². The molecule has 0 bridgehead atoms. The van der Waals surface area contributed by atoms with Crippen molar-refractivity contribution in [3.63, 3.8) is 0 Å². The SMILES string of the molecule is COC(=O)CCC1(CN2Cc3ccc(C)cc3C2=O)OCCO1. The van der Waals surface area contributed by atoms with Crippen LogP contribution >= 0.6 is 0 Å². The van der Waals surface area contributed by atoms with E-state index in [1.165, 1.54) is 7.11 Å². The summed E-state index contributed by atoms with van der Waals surface area (Å²) < 4.78 is 16.2. The Bertz CT molecular complexity index is 621. The van der Waals surface area contributed by atoms with Crippen molar-refractivity contribution in [3.8, 4) is 0 Å². The van der Waals surface area contributed by atoms with Gasteiger partial charge in [-0.1, -0.05) is 17.7 Å². The molecule has 0 aliphatic carbocycles. The van der Waals surface area contributed by atoms with Gasteiger partial charge >= 0.3 is 5.97 Å². The monoisotopic (exact) mass is 319 g/mol. The molecule has 0 radical (unpaired) electrons.